The fourth-order valence-corrected chi connectivity index (χ4v) is 3.46. The Morgan fingerprint density at radius 1 is 1.04 bits per heavy atom. The SMILES string of the molecule is Cc1ccc(NC(=O)CN2CCN(C(=O)CN3CCOCC3)CC2)cc1Cl. The predicted octanol–water partition coefficient (Wildman–Crippen LogP) is 1.06. The Kier molecular flexibility index (Phi) is 7.07. The number of aryl methyl sites for hydroxylation is 1. The van der Waals surface area contributed by atoms with Crippen LogP contribution in [0.25, 0.3) is 0 Å². The van der Waals surface area contributed by atoms with Crippen molar-refractivity contribution in [2.75, 3.05) is 70.9 Å². The van der Waals surface area contributed by atoms with E-state index in [1.807, 2.05) is 24.0 Å². The topological polar surface area (TPSA) is 65.1 Å². The van der Waals surface area contributed by atoms with Crippen molar-refractivity contribution in [2.45, 2.75) is 6.92 Å². The number of hydrogen-bond donors (Lipinski definition) is 1. The minimum Gasteiger partial charge on any atom is -0.379 e. The number of ether oxygens (including phenoxy) is 1. The van der Waals surface area contributed by atoms with Crippen LogP contribution in [0.15, 0.2) is 18.2 Å². The first-order valence-corrected chi connectivity index (χ1v) is 9.75. The van der Waals surface area contributed by atoms with Crippen LogP contribution in [-0.4, -0.2) is 92.1 Å². The van der Waals surface area contributed by atoms with E-state index in [1.165, 1.54) is 0 Å². The molecule has 0 aliphatic carbocycles. The first-order chi connectivity index (χ1) is 13.0. The number of anilines is 1. The lowest BCUT2D eigenvalue weighted by Gasteiger charge is -2.36. The van der Waals surface area contributed by atoms with Crippen LogP contribution in [-0.2, 0) is 14.3 Å². The third-order valence-corrected chi connectivity index (χ3v) is 5.42. The average molecular weight is 395 g/mol. The zero-order valence-electron chi connectivity index (χ0n) is 15.7. The minimum absolute atomic E-state index is 0.0667. The fraction of sp³-hybridized carbons (Fsp3) is 0.579. The molecule has 2 fully saturated rings. The van der Waals surface area contributed by atoms with Gasteiger partial charge in [-0.05, 0) is 24.6 Å². The number of benzene rings is 1. The van der Waals surface area contributed by atoms with Gasteiger partial charge in [0, 0.05) is 50.0 Å². The highest BCUT2D eigenvalue weighted by atomic mass is 35.5. The predicted molar refractivity (Wildman–Crippen MR) is 105 cm³/mol. The molecule has 1 aromatic rings. The van der Waals surface area contributed by atoms with Crippen LogP contribution in [0.4, 0.5) is 5.69 Å². The third kappa shape index (κ3) is 5.90. The number of carbonyl (C=O) groups is 2. The van der Waals surface area contributed by atoms with Crippen LogP contribution in [0, 0.1) is 6.92 Å². The van der Waals surface area contributed by atoms with Crippen LogP contribution in [0.5, 0.6) is 0 Å². The molecule has 2 aliphatic heterocycles. The van der Waals surface area contributed by atoms with Crippen molar-refractivity contribution in [3.63, 3.8) is 0 Å². The van der Waals surface area contributed by atoms with E-state index in [0.717, 1.165) is 18.7 Å². The lowest BCUT2D eigenvalue weighted by Crippen LogP contribution is -2.53. The van der Waals surface area contributed by atoms with Crippen molar-refractivity contribution in [2.24, 2.45) is 0 Å². The minimum atomic E-state index is -0.0667. The van der Waals surface area contributed by atoms with E-state index >= 15 is 0 Å². The van der Waals surface area contributed by atoms with E-state index in [2.05, 4.69) is 15.1 Å². The molecule has 0 spiro atoms. The quantitative estimate of drug-likeness (QED) is 0.809. The molecule has 2 saturated heterocycles. The Hall–Kier alpha value is -1.67. The highest BCUT2D eigenvalue weighted by Crippen LogP contribution is 2.20. The maximum Gasteiger partial charge on any atom is 0.238 e. The summed E-state index contributed by atoms with van der Waals surface area (Å²) in [6, 6.07) is 5.50. The average Bonchev–Trinajstić information content (AvgIpc) is 2.66. The summed E-state index contributed by atoms with van der Waals surface area (Å²) in [7, 11) is 0. The van der Waals surface area contributed by atoms with Gasteiger partial charge in [0.05, 0.1) is 26.3 Å². The monoisotopic (exact) mass is 394 g/mol. The van der Waals surface area contributed by atoms with Crippen LogP contribution in [0.3, 0.4) is 0 Å². The third-order valence-electron chi connectivity index (χ3n) is 5.01. The molecule has 0 radical (unpaired) electrons. The normalized spacial score (nSPS) is 19.1. The summed E-state index contributed by atoms with van der Waals surface area (Å²) in [5.74, 6) is 0.0957. The molecule has 2 aliphatic rings. The molecule has 0 atom stereocenters. The molecule has 8 heteroatoms. The van der Waals surface area contributed by atoms with Gasteiger partial charge in [0.2, 0.25) is 11.8 Å². The summed E-state index contributed by atoms with van der Waals surface area (Å²) in [6.07, 6.45) is 0. The van der Waals surface area contributed by atoms with E-state index in [1.54, 1.807) is 6.07 Å². The fourth-order valence-electron chi connectivity index (χ4n) is 3.28. The van der Waals surface area contributed by atoms with Gasteiger partial charge in [0.1, 0.15) is 0 Å². The van der Waals surface area contributed by atoms with Gasteiger partial charge in [-0.25, -0.2) is 0 Å². The first-order valence-electron chi connectivity index (χ1n) is 9.37. The summed E-state index contributed by atoms with van der Waals surface area (Å²) in [5, 5.41) is 3.52. The molecule has 0 saturated carbocycles. The lowest BCUT2D eigenvalue weighted by molar-refractivity contribution is -0.135. The molecule has 148 valence electrons. The van der Waals surface area contributed by atoms with E-state index in [0.29, 0.717) is 63.2 Å². The molecule has 0 bridgehead atoms. The molecule has 1 N–H and O–H groups in total. The second-order valence-electron chi connectivity index (χ2n) is 7.06. The number of piperazine rings is 1. The van der Waals surface area contributed by atoms with Crippen LogP contribution >= 0.6 is 11.6 Å². The van der Waals surface area contributed by atoms with Crippen molar-refractivity contribution < 1.29 is 14.3 Å². The van der Waals surface area contributed by atoms with E-state index in [9.17, 15) is 9.59 Å². The van der Waals surface area contributed by atoms with Crippen molar-refractivity contribution in [3.8, 4) is 0 Å². The standard InChI is InChI=1S/C19H27ClN4O3/c1-15-2-3-16(12-17(15)20)21-18(25)13-22-4-6-24(7-5-22)19(26)14-23-8-10-27-11-9-23/h2-3,12H,4-11,13-14H2,1H3,(H,21,25). The maximum absolute atomic E-state index is 12.4. The van der Waals surface area contributed by atoms with E-state index in [-0.39, 0.29) is 11.8 Å². The Balaban J connectivity index is 1.40. The Morgan fingerprint density at radius 3 is 2.37 bits per heavy atom. The van der Waals surface area contributed by atoms with Gasteiger partial charge in [0.15, 0.2) is 0 Å². The summed E-state index contributed by atoms with van der Waals surface area (Å²) >= 11 is 6.10. The van der Waals surface area contributed by atoms with E-state index < -0.39 is 0 Å². The van der Waals surface area contributed by atoms with Gasteiger partial charge < -0.3 is 15.0 Å². The van der Waals surface area contributed by atoms with Crippen LogP contribution in [0.2, 0.25) is 5.02 Å². The molecule has 2 amide bonds. The van der Waals surface area contributed by atoms with Gasteiger partial charge in [-0.2, -0.15) is 0 Å². The van der Waals surface area contributed by atoms with Crippen molar-refractivity contribution in [1.29, 1.82) is 0 Å². The number of morpholine rings is 1. The Morgan fingerprint density at radius 2 is 1.70 bits per heavy atom. The molecular weight excluding hydrogens is 368 g/mol. The molecule has 2 heterocycles. The van der Waals surface area contributed by atoms with Crippen molar-refractivity contribution >= 4 is 29.1 Å². The Bertz CT molecular complexity index is 671. The van der Waals surface area contributed by atoms with Crippen LogP contribution < -0.4 is 5.32 Å². The van der Waals surface area contributed by atoms with Crippen molar-refractivity contribution in [1.82, 2.24) is 14.7 Å². The number of halogens is 1. The molecule has 0 unspecified atom stereocenters. The highest BCUT2D eigenvalue weighted by molar-refractivity contribution is 6.31. The zero-order chi connectivity index (χ0) is 19.2. The smallest absolute Gasteiger partial charge is 0.238 e. The lowest BCUT2D eigenvalue weighted by atomic mass is 10.2. The number of nitrogens with one attached hydrogen (secondary N) is 1. The number of carbonyl (C=O) groups excluding carboxylic acids is 2. The second-order valence-corrected chi connectivity index (χ2v) is 7.46. The molecule has 7 nitrogen and oxygen atoms in total. The van der Waals surface area contributed by atoms with Gasteiger partial charge in [0.25, 0.3) is 0 Å². The van der Waals surface area contributed by atoms with Gasteiger partial charge >= 0.3 is 0 Å². The van der Waals surface area contributed by atoms with Gasteiger partial charge in [-0.1, -0.05) is 17.7 Å². The van der Waals surface area contributed by atoms with Gasteiger partial charge in [-0.3, -0.25) is 19.4 Å². The molecule has 27 heavy (non-hydrogen) atoms. The number of hydrogen-bond acceptors (Lipinski definition) is 5. The van der Waals surface area contributed by atoms with E-state index in [4.69, 9.17) is 16.3 Å². The zero-order valence-corrected chi connectivity index (χ0v) is 16.5. The molecule has 3 rings (SSSR count). The molecule has 1 aromatic carbocycles. The van der Waals surface area contributed by atoms with Crippen LogP contribution in [0.1, 0.15) is 5.56 Å². The van der Waals surface area contributed by atoms with Gasteiger partial charge in [-0.15, -0.1) is 0 Å². The second kappa shape index (κ2) is 9.50. The summed E-state index contributed by atoms with van der Waals surface area (Å²) < 4.78 is 5.31. The van der Waals surface area contributed by atoms with Crippen molar-refractivity contribution in [3.05, 3.63) is 28.8 Å². The summed E-state index contributed by atoms with van der Waals surface area (Å²) in [4.78, 5) is 30.8. The highest BCUT2D eigenvalue weighted by Gasteiger charge is 2.24. The Labute approximate surface area is 165 Å². The molecular formula is C19H27ClN4O3. The number of rotatable bonds is 5. The largest absolute Gasteiger partial charge is 0.379 e. The summed E-state index contributed by atoms with van der Waals surface area (Å²) in [5.41, 5.74) is 1.68. The number of nitrogens with zero attached hydrogens (tertiary/aromatic N) is 3. The summed E-state index contributed by atoms with van der Waals surface area (Å²) in [6.45, 7) is 8.45. The number of amides is 2. The molecule has 0 aromatic heterocycles. The first kappa shape index (κ1) is 20.1. The maximum atomic E-state index is 12.4.